The highest BCUT2D eigenvalue weighted by Crippen LogP contribution is 2.34. The third-order valence-electron chi connectivity index (χ3n) is 7.14. The Kier molecular flexibility index (Phi) is 5.85. The molecule has 0 spiro atoms. The highest BCUT2D eigenvalue weighted by Gasteiger charge is 2.48. The molecule has 0 saturated carbocycles. The van der Waals surface area contributed by atoms with Crippen LogP contribution in [0.2, 0.25) is 0 Å². The number of fused-ring (bicyclic) bond motifs is 2. The van der Waals surface area contributed by atoms with Crippen molar-refractivity contribution in [1.82, 2.24) is 34.5 Å². The molecule has 2 fully saturated rings. The van der Waals surface area contributed by atoms with Crippen molar-refractivity contribution < 1.29 is 18.3 Å². The predicted molar refractivity (Wildman–Crippen MR) is 130 cm³/mol. The van der Waals surface area contributed by atoms with E-state index in [1.807, 2.05) is 29.2 Å². The maximum Gasteiger partial charge on any atom is 0.244 e. The van der Waals surface area contributed by atoms with Crippen LogP contribution in [0.15, 0.2) is 30.5 Å². The van der Waals surface area contributed by atoms with Gasteiger partial charge in [-0.15, -0.1) is 10.2 Å². The number of hydrogen-bond acceptors (Lipinski definition) is 9. The number of aromatic nitrogens is 6. The van der Waals surface area contributed by atoms with Gasteiger partial charge in [0.05, 0.1) is 44.5 Å². The van der Waals surface area contributed by atoms with Gasteiger partial charge in [0.25, 0.3) is 0 Å². The molecular weight excluding hydrogens is 484 g/mol. The number of methoxy groups -OCH3 is 1. The summed E-state index contributed by atoms with van der Waals surface area (Å²) in [6.45, 7) is 0.904. The highest BCUT2D eigenvalue weighted by atomic mass is 19.1. The second-order valence-corrected chi connectivity index (χ2v) is 9.31. The first-order chi connectivity index (χ1) is 18.0. The van der Waals surface area contributed by atoms with Crippen molar-refractivity contribution >= 4 is 22.5 Å². The number of piperidine rings is 1. The van der Waals surface area contributed by atoms with Crippen LogP contribution in [-0.2, 0) is 11.3 Å². The molecule has 1 N–H and O–H groups in total. The molecule has 13 heteroatoms. The molecule has 1 aromatic carbocycles. The number of alkyl halides is 2. The van der Waals surface area contributed by atoms with Crippen molar-refractivity contribution in [1.29, 1.82) is 5.26 Å². The normalized spacial score (nSPS) is 21.6. The van der Waals surface area contributed by atoms with Gasteiger partial charge in [0.15, 0.2) is 5.54 Å². The lowest BCUT2D eigenvalue weighted by Gasteiger charge is -2.48. The van der Waals surface area contributed by atoms with Crippen molar-refractivity contribution in [2.24, 2.45) is 0 Å². The summed E-state index contributed by atoms with van der Waals surface area (Å²) in [5.74, 6) is 0.575. The molecule has 2 aliphatic rings. The number of likely N-dealkylation sites (tertiary alicyclic amines) is 1. The minimum Gasteiger partial charge on any atom is -0.479 e. The number of ether oxygens (including phenoxy) is 2. The quantitative estimate of drug-likeness (QED) is 0.400. The fourth-order valence-corrected chi connectivity index (χ4v) is 5.04. The minimum atomic E-state index is -1.21. The molecule has 0 amide bonds. The van der Waals surface area contributed by atoms with Gasteiger partial charge in [-0.2, -0.15) is 10.2 Å². The van der Waals surface area contributed by atoms with Crippen LogP contribution >= 0.6 is 0 Å². The smallest absolute Gasteiger partial charge is 0.244 e. The lowest BCUT2D eigenvalue weighted by Crippen LogP contribution is -2.65. The van der Waals surface area contributed by atoms with E-state index in [1.165, 1.54) is 11.8 Å². The Labute approximate surface area is 210 Å². The van der Waals surface area contributed by atoms with Gasteiger partial charge in [-0.25, -0.2) is 18.0 Å². The lowest BCUT2D eigenvalue weighted by atomic mass is 9.92. The molecule has 2 aliphatic heterocycles. The Morgan fingerprint density at radius 1 is 1.32 bits per heavy atom. The van der Waals surface area contributed by atoms with Crippen LogP contribution < -0.4 is 10.1 Å². The first-order valence-electron chi connectivity index (χ1n) is 12.0. The number of aryl methyl sites for hydroxylation is 1. The van der Waals surface area contributed by atoms with Crippen LogP contribution in [0.5, 0.6) is 5.88 Å². The molecule has 4 aromatic rings. The monoisotopic (exact) mass is 509 g/mol. The van der Waals surface area contributed by atoms with Crippen LogP contribution in [0.25, 0.3) is 27.7 Å². The van der Waals surface area contributed by atoms with Crippen molar-refractivity contribution in [2.45, 2.75) is 30.7 Å². The van der Waals surface area contributed by atoms with E-state index in [-0.39, 0.29) is 19.0 Å². The van der Waals surface area contributed by atoms with Gasteiger partial charge in [0.2, 0.25) is 11.8 Å². The molecule has 6 rings (SSSR count). The van der Waals surface area contributed by atoms with Crippen LogP contribution in [0.3, 0.4) is 0 Å². The van der Waals surface area contributed by atoms with E-state index in [0.717, 1.165) is 16.6 Å². The maximum atomic E-state index is 15.1. The molecule has 0 aliphatic carbocycles. The summed E-state index contributed by atoms with van der Waals surface area (Å²) in [6, 6.07) is 9.30. The summed E-state index contributed by atoms with van der Waals surface area (Å²) in [4.78, 5) is 6.39. The van der Waals surface area contributed by atoms with Gasteiger partial charge < -0.3 is 14.8 Å². The minimum absolute atomic E-state index is 0.123. The SMILES string of the molecule is COc1nc(N[C@H]2CCN(C3(C#N)COC3)C[C@H]2F)nn2ccc(-c3ccc4nnn(CCF)c4c3)c12. The second-order valence-electron chi connectivity index (χ2n) is 9.31. The Balaban J connectivity index is 1.27. The molecule has 5 heterocycles. The fraction of sp³-hybridized carbons (Fsp3) is 0.458. The zero-order valence-corrected chi connectivity index (χ0v) is 20.1. The summed E-state index contributed by atoms with van der Waals surface area (Å²) in [6.07, 6.45) is 1.07. The van der Waals surface area contributed by atoms with Crippen molar-refractivity contribution in [2.75, 3.05) is 45.4 Å². The Hall–Kier alpha value is -3.89. The average molecular weight is 510 g/mol. The van der Waals surface area contributed by atoms with Gasteiger partial charge >= 0.3 is 0 Å². The van der Waals surface area contributed by atoms with Gasteiger partial charge in [-0.05, 0) is 30.2 Å². The summed E-state index contributed by atoms with van der Waals surface area (Å²) in [5.41, 5.74) is 2.98. The molecule has 3 aromatic heterocycles. The number of benzene rings is 1. The lowest BCUT2D eigenvalue weighted by molar-refractivity contribution is -0.121. The van der Waals surface area contributed by atoms with E-state index in [9.17, 15) is 9.65 Å². The average Bonchev–Trinajstić information content (AvgIpc) is 3.49. The summed E-state index contributed by atoms with van der Waals surface area (Å²) < 4.78 is 42.0. The Morgan fingerprint density at radius 3 is 2.89 bits per heavy atom. The Bertz CT molecular complexity index is 1490. The zero-order chi connectivity index (χ0) is 25.6. The molecule has 11 nitrogen and oxygen atoms in total. The Morgan fingerprint density at radius 2 is 2.19 bits per heavy atom. The van der Waals surface area contributed by atoms with Crippen molar-refractivity contribution in [3.05, 3.63) is 30.5 Å². The molecular formula is C24H25F2N9O2. The van der Waals surface area contributed by atoms with Crippen LogP contribution in [0.4, 0.5) is 14.7 Å². The summed E-state index contributed by atoms with van der Waals surface area (Å²) in [5, 5.41) is 25.3. The van der Waals surface area contributed by atoms with E-state index in [0.29, 0.717) is 43.1 Å². The van der Waals surface area contributed by atoms with Gasteiger partial charge in [0, 0.05) is 24.8 Å². The van der Waals surface area contributed by atoms with Gasteiger partial charge in [0.1, 0.15) is 23.9 Å². The van der Waals surface area contributed by atoms with Crippen LogP contribution in [-0.4, -0.2) is 92.3 Å². The third-order valence-corrected chi connectivity index (χ3v) is 7.14. The number of anilines is 1. The number of nitrogens with one attached hydrogen (secondary N) is 1. The largest absolute Gasteiger partial charge is 0.479 e. The first kappa shape index (κ1) is 23.5. The topological polar surface area (TPSA) is 118 Å². The third kappa shape index (κ3) is 3.93. The van der Waals surface area contributed by atoms with Gasteiger partial charge in [-0.1, -0.05) is 11.3 Å². The molecule has 0 radical (unpaired) electrons. The molecule has 192 valence electrons. The number of hydrogen-bond donors (Lipinski definition) is 1. The van der Waals surface area contributed by atoms with E-state index >= 15 is 4.39 Å². The summed E-state index contributed by atoms with van der Waals surface area (Å²) in [7, 11) is 1.52. The zero-order valence-electron chi connectivity index (χ0n) is 20.1. The number of halogens is 2. The van der Waals surface area contributed by atoms with E-state index in [2.05, 4.69) is 31.8 Å². The second kappa shape index (κ2) is 9.20. The van der Waals surface area contributed by atoms with Gasteiger partial charge in [-0.3, -0.25) is 4.90 Å². The van der Waals surface area contributed by atoms with E-state index in [4.69, 9.17) is 9.47 Å². The number of nitrogens with zero attached hydrogens (tertiary/aromatic N) is 8. The molecule has 37 heavy (non-hydrogen) atoms. The first-order valence-corrected chi connectivity index (χ1v) is 12.0. The predicted octanol–water partition coefficient (Wildman–Crippen LogP) is 2.24. The standard InChI is InChI=1S/C24H25F2N9O2/c1-36-22-21-16(15-2-3-19-20(10-15)34(9-6-25)32-30-19)4-8-35(21)31-23(29-22)28-18-5-7-33(11-17(18)26)24(12-27)13-37-14-24/h2-4,8,10,17-18H,5-7,9,11,13-14H2,1H3,(H,28,31)/t17-,18+/m1/s1. The number of rotatable bonds is 7. The van der Waals surface area contributed by atoms with Crippen molar-refractivity contribution in [3.8, 4) is 23.1 Å². The van der Waals surface area contributed by atoms with Crippen LogP contribution in [0.1, 0.15) is 6.42 Å². The van der Waals surface area contributed by atoms with Crippen molar-refractivity contribution in [3.63, 3.8) is 0 Å². The summed E-state index contributed by atoms with van der Waals surface area (Å²) >= 11 is 0. The number of nitriles is 1. The molecule has 2 atom stereocenters. The highest BCUT2D eigenvalue weighted by molar-refractivity contribution is 5.89. The maximum absolute atomic E-state index is 15.1. The van der Waals surface area contributed by atoms with E-state index in [1.54, 1.807) is 10.7 Å². The fourth-order valence-electron chi connectivity index (χ4n) is 5.04. The molecule has 0 unspecified atom stereocenters. The molecule has 2 saturated heterocycles. The molecule has 0 bridgehead atoms. The van der Waals surface area contributed by atoms with Crippen LogP contribution in [0, 0.1) is 11.3 Å². The van der Waals surface area contributed by atoms with E-state index < -0.39 is 24.4 Å².